The van der Waals surface area contributed by atoms with Gasteiger partial charge in [0.2, 0.25) is 0 Å². The number of aromatic amines is 1. The van der Waals surface area contributed by atoms with Gasteiger partial charge in [-0.15, -0.1) is 11.3 Å². The summed E-state index contributed by atoms with van der Waals surface area (Å²) in [5, 5.41) is 0.654. The van der Waals surface area contributed by atoms with Crippen molar-refractivity contribution in [3.63, 3.8) is 0 Å². The Balaban J connectivity index is 2.56. The van der Waals surface area contributed by atoms with E-state index in [9.17, 15) is 9.59 Å². The maximum Gasteiger partial charge on any atom is 0.307 e. The first-order valence-electron chi connectivity index (χ1n) is 5.75. The number of hydrogen-bond acceptors (Lipinski definition) is 5. The first kappa shape index (κ1) is 14.0. The van der Waals surface area contributed by atoms with E-state index in [0.717, 1.165) is 15.3 Å². The van der Waals surface area contributed by atoms with Crippen molar-refractivity contribution < 1.29 is 9.53 Å². The monoisotopic (exact) mass is 298 g/mol. The summed E-state index contributed by atoms with van der Waals surface area (Å²) in [5.74, 6) is -0.361. The molecule has 0 saturated carbocycles. The molecule has 0 aliphatic heterocycles. The van der Waals surface area contributed by atoms with Crippen LogP contribution in [0, 0.1) is 18.6 Å². The Morgan fingerprint density at radius 2 is 2.16 bits per heavy atom. The van der Waals surface area contributed by atoms with E-state index in [2.05, 4.69) is 9.72 Å². The van der Waals surface area contributed by atoms with Gasteiger partial charge in [-0.3, -0.25) is 14.2 Å². The highest BCUT2D eigenvalue weighted by Crippen LogP contribution is 2.25. The van der Waals surface area contributed by atoms with Gasteiger partial charge in [-0.25, -0.2) is 0 Å². The Morgan fingerprint density at radius 1 is 1.47 bits per heavy atom. The lowest BCUT2D eigenvalue weighted by Crippen LogP contribution is -2.23. The summed E-state index contributed by atoms with van der Waals surface area (Å²) < 4.78 is 6.32. The van der Waals surface area contributed by atoms with Crippen LogP contribution >= 0.6 is 23.6 Å². The van der Waals surface area contributed by atoms with Crippen LogP contribution in [0.4, 0.5) is 0 Å². The minimum Gasteiger partial charge on any atom is -0.469 e. The summed E-state index contributed by atoms with van der Waals surface area (Å²) in [5.41, 5.74) is 0.813. The van der Waals surface area contributed by atoms with Crippen LogP contribution in [-0.2, 0) is 16.1 Å². The zero-order valence-electron chi connectivity index (χ0n) is 10.9. The average molecular weight is 298 g/mol. The quantitative estimate of drug-likeness (QED) is 0.697. The molecule has 0 aromatic carbocycles. The number of H-pyrrole nitrogens is 1. The summed E-state index contributed by atoms with van der Waals surface area (Å²) in [4.78, 5) is 28.5. The Hall–Kier alpha value is -1.47. The van der Waals surface area contributed by atoms with E-state index >= 15 is 0 Å². The molecule has 0 saturated heterocycles. The molecule has 2 heterocycles. The molecule has 102 valence electrons. The number of carbonyl (C=O) groups is 1. The number of nitrogens with zero attached hydrogens (tertiary/aromatic N) is 1. The van der Waals surface area contributed by atoms with E-state index in [4.69, 9.17) is 12.2 Å². The molecule has 0 fully saturated rings. The molecule has 0 atom stereocenters. The van der Waals surface area contributed by atoms with E-state index in [1.54, 1.807) is 0 Å². The largest absolute Gasteiger partial charge is 0.469 e. The van der Waals surface area contributed by atoms with Gasteiger partial charge in [0.25, 0.3) is 5.56 Å². The Bertz CT molecular complexity index is 755. The number of methoxy groups -OCH3 is 1. The summed E-state index contributed by atoms with van der Waals surface area (Å²) in [6.45, 7) is 4.11. The van der Waals surface area contributed by atoms with Crippen LogP contribution in [0.3, 0.4) is 0 Å². The molecule has 2 aromatic rings. The second-order valence-electron chi connectivity index (χ2n) is 4.20. The topological polar surface area (TPSA) is 64.1 Å². The van der Waals surface area contributed by atoms with Crippen molar-refractivity contribution in [2.45, 2.75) is 26.8 Å². The molecule has 5 nitrogen and oxygen atoms in total. The van der Waals surface area contributed by atoms with Gasteiger partial charge in [-0.1, -0.05) is 0 Å². The molecule has 0 amide bonds. The van der Waals surface area contributed by atoms with E-state index in [0.29, 0.717) is 10.2 Å². The number of nitrogens with one attached hydrogen (secondary N) is 1. The van der Waals surface area contributed by atoms with Gasteiger partial charge in [0.15, 0.2) is 4.77 Å². The number of fused-ring (bicyclic) bond motifs is 1. The highest BCUT2D eigenvalue weighted by atomic mass is 32.1. The van der Waals surface area contributed by atoms with Crippen molar-refractivity contribution in [2.24, 2.45) is 0 Å². The number of carbonyl (C=O) groups excluding carboxylic acids is 1. The van der Waals surface area contributed by atoms with Crippen LogP contribution in [0.1, 0.15) is 16.9 Å². The maximum atomic E-state index is 12.4. The van der Waals surface area contributed by atoms with E-state index in [-0.39, 0.29) is 24.5 Å². The molecule has 19 heavy (non-hydrogen) atoms. The van der Waals surface area contributed by atoms with Crippen LogP contribution < -0.4 is 5.56 Å². The third-order valence-corrected chi connectivity index (χ3v) is 4.52. The van der Waals surface area contributed by atoms with Crippen LogP contribution in [-0.4, -0.2) is 22.6 Å². The summed E-state index contributed by atoms with van der Waals surface area (Å²) in [7, 11) is 1.32. The predicted molar refractivity (Wildman–Crippen MR) is 77.4 cm³/mol. The highest BCUT2D eigenvalue weighted by Gasteiger charge is 2.13. The third kappa shape index (κ3) is 2.48. The lowest BCUT2D eigenvalue weighted by molar-refractivity contribution is -0.140. The first-order valence-corrected chi connectivity index (χ1v) is 6.97. The van der Waals surface area contributed by atoms with Gasteiger partial charge in [0.05, 0.1) is 18.9 Å². The molecule has 1 N–H and O–H groups in total. The van der Waals surface area contributed by atoms with Gasteiger partial charge in [-0.2, -0.15) is 0 Å². The predicted octanol–water partition coefficient (Wildman–Crippen LogP) is 2.30. The van der Waals surface area contributed by atoms with Crippen molar-refractivity contribution >= 4 is 39.7 Å². The summed E-state index contributed by atoms with van der Waals surface area (Å²) in [6, 6.07) is 0. The minimum atomic E-state index is -0.361. The van der Waals surface area contributed by atoms with Gasteiger partial charge in [0.1, 0.15) is 4.83 Å². The fourth-order valence-corrected chi connectivity index (χ4v) is 3.26. The van der Waals surface area contributed by atoms with Crippen LogP contribution in [0.5, 0.6) is 0 Å². The second kappa shape index (κ2) is 5.26. The third-order valence-electron chi connectivity index (χ3n) is 3.08. The van der Waals surface area contributed by atoms with E-state index < -0.39 is 0 Å². The van der Waals surface area contributed by atoms with Crippen LogP contribution in [0.2, 0.25) is 0 Å². The highest BCUT2D eigenvalue weighted by molar-refractivity contribution is 7.71. The lowest BCUT2D eigenvalue weighted by atomic mass is 10.2. The van der Waals surface area contributed by atoms with Crippen LogP contribution in [0.25, 0.3) is 10.2 Å². The number of ether oxygens (including phenoxy) is 1. The number of aryl methyl sites for hydroxylation is 2. The van der Waals surface area contributed by atoms with Gasteiger partial charge in [0, 0.05) is 11.4 Å². The molecular formula is C12H14N2O3S2. The zero-order chi connectivity index (χ0) is 14.2. The minimum absolute atomic E-state index is 0.127. The van der Waals surface area contributed by atoms with Crippen molar-refractivity contribution in [2.75, 3.05) is 7.11 Å². The zero-order valence-corrected chi connectivity index (χ0v) is 12.5. The molecule has 0 radical (unpaired) electrons. The molecule has 0 aliphatic rings. The number of rotatable bonds is 3. The standard InChI is InChI=1S/C12H14N2O3S2/c1-6-7(2)19-10-9(6)11(16)14(12(18)13-10)5-4-8(15)17-3/h4-5H2,1-3H3,(H,13,18). The number of hydrogen-bond donors (Lipinski definition) is 1. The van der Waals surface area contributed by atoms with Gasteiger partial charge in [-0.05, 0) is 31.6 Å². The molecule has 0 unspecified atom stereocenters. The molecule has 0 aliphatic carbocycles. The molecule has 0 spiro atoms. The maximum absolute atomic E-state index is 12.4. The normalized spacial score (nSPS) is 10.9. The van der Waals surface area contributed by atoms with Crippen molar-refractivity contribution in [1.29, 1.82) is 0 Å². The van der Waals surface area contributed by atoms with Gasteiger partial charge < -0.3 is 9.72 Å². The Labute approximate surface area is 118 Å². The lowest BCUT2D eigenvalue weighted by Gasteiger charge is -2.05. The fraction of sp³-hybridized carbons (Fsp3) is 0.417. The van der Waals surface area contributed by atoms with Gasteiger partial charge >= 0.3 is 5.97 Å². The second-order valence-corrected chi connectivity index (χ2v) is 5.81. The number of aromatic nitrogens is 2. The smallest absolute Gasteiger partial charge is 0.307 e. The van der Waals surface area contributed by atoms with Crippen molar-refractivity contribution in [3.8, 4) is 0 Å². The molecule has 2 rings (SSSR count). The van der Waals surface area contributed by atoms with Crippen molar-refractivity contribution in [3.05, 3.63) is 25.6 Å². The first-order chi connectivity index (χ1) is 8.95. The summed E-state index contributed by atoms with van der Waals surface area (Å²) in [6.07, 6.45) is 0.127. The van der Waals surface area contributed by atoms with E-state index in [1.807, 2.05) is 13.8 Å². The molecule has 0 bridgehead atoms. The number of thiophene rings is 1. The van der Waals surface area contributed by atoms with E-state index in [1.165, 1.54) is 23.0 Å². The number of esters is 1. The van der Waals surface area contributed by atoms with Crippen LogP contribution in [0.15, 0.2) is 4.79 Å². The molecule has 2 aromatic heterocycles. The SMILES string of the molecule is COC(=O)CCn1c(=S)[nH]c2sc(C)c(C)c2c1=O. The van der Waals surface area contributed by atoms with Crippen molar-refractivity contribution in [1.82, 2.24) is 9.55 Å². The Morgan fingerprint density at radius 3 is 2.79 bits per heavy atom. The molecule has 7 heteroatoms. The average Bonchev–Trinajstić information content (AvgIpc) is 2.64. The molecular weight excluding hydrogens is 284 g/mol. The summed E-state index contributed by atoms with van der Waals surface area (Å²) >= 11 is 6.69. The fourth-order valence-electron chi connectivity index (χ4n) is 1.87. The Kier molecular flexibility index (Phi) is 3.86.